The Labute approximate surface area is 137 Å². The molecular weight excluding hydrogens is 300 g/mol. The summed E-state index contributed by atoms with van der Waals surface area (Å²) in [6.45, 7) is 2.57. The molecule has 5 heteroatoms. The highest BCUT2D eigenvalue weighted by Crippen LogP contribution is 2.17. The number of benzene rings is 1. The molecule has 0 aliphatic carbocycles. The molecular formula is C17H25ClN2O2. The molecule has 0 spiro atoms. The first-order valence-electron chi connectivity index (χ1n) is 8.06. The molecule has 0 bridgehead atoms. The zero-order valence-corrected chi connectivity index (χ0v) is 13.9. The van der Waals surface area contributed by atoms with Crippen molar-refractivity contribution in [3.63, 3.8) is 0 Å². The lowest BCUT2D eigenvalue weighted by Gasteiger charge is -2.27. The SMILES string of the molecule is CC[C@H](CCCCCl)NN1C(=O)OC[C@@H]1Cc1ccccc1. The first kappa shape index (κ1) is 17.1. The lowest BCUT2D eigenvalue weighted by atomic mass is 10.1. The summed E-state index contributed by atoms with van der Waals surface area (Å²) in [7, 11) is 0. The number of amides is 1. The zero-order valence-electron chi connectivity index (χ0n) is 13.1. The van der Waals surface area contributed by atoms with E-state index in [0.29, 0.717) is 12.5 Å². The van der Waals surface area contributed by atoms with Crippen LogP contribution in [-0.2, 0) is 11.2 Å². The fourth-order valence-corrected chi connectivity index (χ4v) is 2.89. The Bertz CT molecular complexity index is 455. The van der Waals surface area contributed by atoms with E-state index in [0.717, 1.165) is 32.1 Å². The zero-order chi connectivity index (χ0) is 15.8. The lowest BCUT2D eigenvalue weighted by molar-refractivity contribution is 0.127. The summed E-state index contributed by atoms with van der Waals surface area (Å²) in [6.07, 6.45) is 4.61. The van der Waals surface area contributed by atoms with Gasteiger partial charge in [0.25, 0.3) is 0 Å². The average Bonchev–Trinajstić information content (AvgIpc) is 2.88. The van der Waals surface area contributed by atoms with Gasteiger partial charge in [-0.1, -0.05) is 43.7 Å². The minimum atomic E-state index is -0.267. The Hall–Kier alpha value is -1.26. The molecule has 1 N–H and O–H groups in total. The summed E-state index contributed by atoms with van der Waals surface area (Å²) in [6, 6.07) is 10.5. The van der Waals surface area contributed by atoms with Crippen molar-refractivity contribution in [3.05, 3.63) is 35.9 Å². The smallest absolute Gasteiger partial charge is 0.424 e. The van der Waals surface area contributed by atoms with E-state index >= 15 is 0 Å². The highest BCUT2D eigenvalue weighted by molar-refractivity contribution is 6.17. The van der Waals surface area contributed by atoms with Gasteiger partial charge in [-0.15, -0.1) is 11.6 Å². The van der Waals surface area contributed by atoms with E-state index in [1.807, 2.05) is 18.2 Å². The summed E-state index contributed by atoms with van der Waals surface area (Å²) in [5.74, 6) is 0.693. The van der Waals surface area contributed by atoms with Crippen molar-refractivity contribution >= 4 is 17.7 Å². The van der Waals surface area contributed by atoms with Crippen LogP contribution in [0.2, 0.25) is 0 Å². The second kappa shape index (κ2) is 9.01. The van der Waals surface area contributed by atoms with Crippen molar-refractivity contribution in [3.8, 4) is 0 Å². The van der Waals surface area contributed by atoms with Crippen LogP contribution in [0.5, 0.6) is 0 Å². The molecule has 1 aromatic rings. The van der Waals surface area contributed by atoms with Gasteiger partial charge in [-0.3, -0.25) is 0 Å². The van der Waals surface area contributed by atoms with Gasteiger partial charge < -0.3 is 4.74 Å². The van der Waals surface area contributed by atoms with Crippen LogP contribution in [0.4, 0.5) is 4.79 Å². The van der Waals surface area contributed by atoms with E-state index in [2.05, 4.69) is 24.5 Å². The second-order valence-corrected chi connectivity index (χ2v) is 6.09. The molecule has 0 aromatic heterocycles. The number of nitrogens with zero attached hydrogens (tertiary/aromatic N) is 1. The van der Waals surface area contributed by atoms with Gasteiger partial charge in [-0.25, -0.2) is 15.2 Å². The molecule has 1 saturated heterocycles. The monoisotopic (exact) mass is 324 g/mol. The molecule has 1 heterocycles. The van der Waals surface area contributed by atoms with E-state index in [1.165, 1.54) is 5.56 Å². The van der Waals surface area contributed by atoms with Gasteiger partial charge >= 0.3 is 6.09 Å². The average molecular weight is 325 g/mol. The molecule has 1 aromatic carbocycles. The van der Waals surface area contributed by atoms with Crippen LogP contribution in [-0.4, -0.2) is 35.7 Å². The van der Waals surface area contributed by atoms with E-state index in [9.17, 15) is 4.79 Å². The Balaban J connectivity index is 1.92. The molecule has 4 nitrogen and oxygen atoms in total. The fourth-order valence-electron chi connectivity index (χ4n) is 2.70. The van der Waals surface area contributed by atoms with Gasteiger partial charge in [-0.05, 0) is 31.2 Å². The summed E-state index contributed by atoms with van der Waals surface area (Å²) >= 11 is 5.73. The van der Waals surface area contributed by atoms with E-state index < -0.39 is 0 Å². The summed E-state index contributed by atoms with van der Waals surface area (Å²) in [5, 5.41) is 1.68. The molecule has 1 amide bonds. The predicted octanol–water partition coefficient (Wildman–Crippen LogP) is 3.74. The number of cyclic esters (lactones) is 1. The first-order chi connectivity index (χ1) is 10.7. The molecule has 22 heavy (non-hydrogen) atoms. The van der Waals surface area contributed by atoms with Crippen molar-refractivity contribution in [2.75, 3.05) is 12.5 Å². The van der Waals surface area contributed by atoms with Crippen molar-refractivity contribution in [2.45, 2.75) is 51.1 Å². The van der Waals surface area contributed by atoms with Gasteiger partial charge in [0.05, 0.1) is 6.04 Å². The topological polar surface area (TPSA) is 41.6 Å². The van der Waals surface area contributed by atoms with Gasteiger partial charge in [-0.2, -0.15) is 0 Å². The summed E-state index contributed by atoms with van der Waals surface area (Å²) in [5.41, 5.74) is 4.58. The number of nitrogens with one attached hydrogen (secondary N) is 1. The van der Waals surface area contributed by atoms with Crippen molar-refractivity contribution < 1.29 is 9.53 Å². The Morgan fingerprint density at radius 1 is 1.36 bits per heavy atom. The van der Waals surface area contributed by atoms with Crippen LogP contribution in [0.25, 0.3) is 0 Å². The maximum atomic E-state index is 12.0. The molecule has 1 fully saturated rings. The van der Waals surface area contributed by atoms with Gasteiger partial charge in [0.15, 0.2) is 0 Å². The number of hydrazine groups is 1. The number of unbranched alkanes of at least 4 members (excludes halogenated alkanes) is 1. The molecule has 0 unspecified atom stereocenters. The van der Waals surface area contributed by atoms with Crippen molar-refractivity contribution in [2.24, 2.45) is 0 Å². The molecule has 2 rings (SSSR count). The van der Waals surface area contributed by atoms with E-state index in [-0.39, 0.29) is 18.2 Å². The number of hydrogen-bond acceptors (Lipinski definition) is 3. The van der Waals surface area contributed by atoms with Crippen LogP contribution in [0.3, 0.4) is 0 Å². The highest BCUT2D eigenvalue weighted by atomic mass is 35.5. The quantitative estimate of drug-likeness (QED) is 0.555. The Kier molecular flexibility index (Phi) is 7.00. The maximum absolute atomic E-state index is 12.0. The molecule has 0 saturated carbocycles. The third-order valence-electron chi connectivity index (χ3n) is 4.03. The van der Waals surface area contributed by atoms with E-state index in [1.54, 1.807) is 5.01 Å². The third kappa shape index (κ3) is 4.89. The third-order valence-corrected chi connectivity index (χ3v) is 4.29. The van der Waals surface area contributed by atoms with Crippen molar-refractivity contribution in [1.82, 2.24) is 10.4 Å². The molecule has 2 atom stereocenters. The van der Waals surface area contributed by atoms with Crippen molar-refractivity contribution in [1.29, 1.82) is 0 Å². The summed E-state index contributed by atoms with van der Waals surface area (Å²) < 4.78 is 5.22. The number of carbonyl (C=O) groups is 1. The molecule has 122 valence electrons. The van der Waals surface area contributed by atoms with Gasteiger partial charge in [0.2, 0.25) is 0 Å². The van der Waals surface area contributed by atoms with Crippen LogP contribution in [0, 0.1) is 0 Å². The highest BCUT2D eigenvalue weighted by Gasteiger charge is 2.34. The maximum Gasteiger partial charge on any atom is 0.424 e. The molecule has 1 aliphatic rings. The molecule has 0 radical (unpaired) electrons. The number of hydrogen-bond donors (Lipinski definition) is 1. The van der Waals surface area contributed by atoms with Gasteiger partial charge in [0, 0.05) is 11.9 Å². The van der Waals surface area contributed by atoms with Gasteiger partial charge in [0.1, 0.15) is 6.61 Å². The predicted molar refractivity (Wildman–Crippen MR) is 88.9 cm³/mol. The number of alkyl halides is 1. The minimum Gasteiger partial charge on any atom is -0.446 e. The first-order valence-corrected chi connectivity index (χ1v) is 8.60. The normalized spacial score (nSPS) is 19.3. The lowest BCUT2D eigenvalue weighted by Crippen LogP contribution is -2.50. The number of carbonyl (C=O) groups excluding carboxylic acids is 1. The Morgan fingerprint density at radius 3 is 2.82 bits per heavy atom. The second-order valence-electron chi connectivity index (χ2n) is 5.71. The van der Waals surface area contributed by atoms with Crippen LogP contribution in [0.1, 0.15) is 38.2 Å². The Morgan fingerprint density at radius 2 is 2.14 bits per heavy atom. The summed E-state index contributed by atoms with van der Waals surface area (Å²) in [4.78, 5) is 12.0. The number of halogens is 1. The van der Waals surface area contributed by atoms with E-state index in [4.69, 9.17) is 16.3 Å². The largest absolute Gasteiger partial charge is 0.446 e. The fraction of sp³-hybridized carbons (Fsp3) is 0.588. The molecule has 1 aliphatic heterocycles. The van der Waals surface area contributed by atoms with Crippen LogP contribution >= 0.6 is 11.6 Å². The van der Waals surface area contributed by atoms with Crippen LogP contribution < -0.4 is 5.43 Å². The van der Waals surface area contributed by atoms with Crippen LogP contribution in [0.15, 0.2) is 30.3 Å². The standard InChI is InChI=1S/C17H25ClN2O2/c1-2-15(10-6-7-11-18)19-20-16(13-22-17(20)21)12-14-8-4-3-5-9-14/h3-5,8-9,15-16,19H,2,6-7,10-13H2,1H3/t15-,16+/m1/s1. The number of ether oxygens (including phenoxy) is 1. The minimum absolute atomic E-state index is 0.0528. The number of rotatable bonds is 9.